The van der Waals surface area contributed by atoms with Gasteiger partial charge in [-0.15, -0.1) is 0 Å². The van der Waals surface area contributed by atoms with Gasteiger partial charge < -0.3 is 10.2 Å². The molecule has 0 aromatic heterocycles. The minimum absolute atomic E-state index is 0.0122. The number of azo groups is 1. The number of amides is 1. The Kier molecular flexibility index (Phi) is 5.40. The van der Waals surface area contributed by atoms with Crippen molar-refractivity contribution < 1.29 is 37.6 Å². The first-order valence-electron chi connectivity index (χ1n) is 8.05. The molecular weight excluding hydrogens is 420 g/mol. The second-order valence-corrected chi connectivity index (χ2v) is 7.30. The van der Waals surface area contributed by atoms with Crippen LogP contribution in [-0.4, -0.2) is 52.8 Å². The van der Waals surface area contributed by atoms with Gasteiger partial charge in [0, 0.05) is 0 Å². The van der Waals surface area contributed by atoms with Gasteiger partial charge in [-0.05, 0) is 48.5 Å². The predicted octanol–water partition coefficient (Wildman–Crippen LogP) is 1.57. The minimum Gasteiger partial charge on any atom is -0.478 e. The number of rotatable bonds is 6. The molecule has 3 rings (SSSR count). The van der Waals surface area contributed by atoms with Crippen molar-refractivity contribution in [2.45, 2.75) is 10.9 Å². The Bertz CT molecular complexity index is 1190. The number of carboxylic acids is 2. The molecule has 1 aliphatic rings. The molecule has 1 heterocycles. The van der Waals surface area contributed by atoms with Gasteiger partial charge in [0.05, 0.1) is 21.8 Å². The molecule has 2 aromatic carbocycles. The van der Waals surface area contributed by atoms with E-state index in [1.54, 1.807) is 0 Å². The van der Waals surface area contributed by atoms with Gasteiger partial charge in [0.15, 0.2) is 5.71 Å². The van der Waals surface area contributed by atoms with E-state index in [2.05, 4.69) is 15.3 Å². The van der Waals surface area contributed by atoms with Crippen LogP contribution < -0.4 is 5.01 Å². The molecule has 0 aliphatic carbocycles. The quantitative estimate of drug-likeness (QED) is 0.453. The second-order valence-electron chi connectivity index (χ2n) is 5.88. The van der Waals surface area contributed by atoms with Crippen molar-refractivity contribution in [3.05, 3.63) is 54.1 Å². The molecular formula is C17H12N4O8S. The highest BCUT2D eigenvalue weighted by Gasteiger charge is 2.41. The minimum atomic E-state index is -4.44. The Morgan fingerprint density at radius 1 is 0.967 bits per heavy atom. The summed E-state index contributed by atoms with van der Waals surface area (Å²) < 4.78 is 31.2. The maximum atomic E-state index is 12.6. The van der Waals surface area contributed by atoms with E-state index in [4.69, 9.17) is 9.66 Å². The molecule has 1 aliphatic heterocycles. The zero-order chi connectivity index (χ0) is 22.1. The summed E-state index contributed by atoms with van der Waals surface area (Å²) in [5, 5.41) is 30.1. The van der Waals surface area contributed by atoms with E-state index in [0.29, 0.717) is 0 Å². The first kappa shape index (κ1) is 20.8. The van der Waals surface area contributed by atoms with E-state index in [9.17, 15) is 27.9 Å². The summed E-state index contributed by atoms with van der Waals surface area (Å²) >= 11 is 0. The number of hydrazone groups is 1. The maximum absolute atomic E-state index is 12.6. The number of aliphatic carboxylic acids is 1. The molecule has 0 fully saturated rings. The summed E-state index contributed by atoms with van der Waals surface area (Å²) in [5.74, 6) is -3.50. The van der Waals surface area contributed by atoms with Gasteiger partial charge >= 0.3 is 11.9 Å². The van der Waals surface area contributed by atoms with Crippen molar-refractivity contribution in [3.63, 3.8) is 0 Å². The average Bonchev–Trinajstić information content (AvgIpc) is 3.02. The van der Waals surface area contributed by atoms with Crippen LogP contribution in [-0.2, 0) is 19.7 Å². The Hall–Kier alpha value is -3.97. The number of aromatic carboxylic acids is 1. The van der Waals surface area contributed by atoms with E-state index >= 15 is 0 Å². The van der Waals surface area contributed by atoms with Crippen molar-refractivity contribution >= 4 is 45.1 Å². The summed E-state index contributed by atoms with van der Waals surface area (Å²) in [6, 6.07) is 7.99. The zero-order valence-electron chi connectivity index (χ0n) is 14.8. The molecule has 1 atom stereocenters. The van der Waals surface area contributed by atoms with E-state index in [0.717, 1.165) is 29.3 Å². The number of carboxylic acid groups (broad SMARTS) is 2. The molecule has 0 saturated heterocycles. The number of carbonyl (C=O) groups excluding carboxylic acids is 1. The topological polar surface area (TPSA) is 186 Å². The van der Waals surface area contributed by atoms with Crippen molar-refractivity contribution in [3.8, 4) is 0 Å². The van der Waals surface area contributed by atoms with Crippen LogP contribution in [0.3, 0.4) is 0 Å². The monoisotopic (exact) mass is 432 g/mol. The lowest BCUT2D eigenvalue weighted by atomic mass is 10.2. The molecule has 30 heavy (non-hydrogen) atoms. The van der Waals surface area contributed by atoms with Gasteiger partial charge in [-0.25, -0.2) is 9.59 Å². The predicted molar refractivity (Wildman–Crippen MR) is 101 cm³/mol. The van der Waals surface area contributed by atoms with Gasteiger partial charge in [-0.1, -0.05) is 0 Å². The first-order valence-corrected chi connectivity index (χ1v) is 9.49. The molecule has 0 spiro atoms. The summed E-state index contributed by atoms with van der Waals surface area (Å²) in [6.45, 7) is 0. The van der Waals surface area contributed by atoms with E-state index in [1.165, 1.54) is 24.3 Å². The van der Waals surface area contributed by atoms with Crippen LogP contribution in [0.2, 0.25) is 0 Å². The third-order valence-corrected chi connectivity index (χ3v) is 4.78. The summed E-state index contributed by atoms with van der Waals surface area (Å²) in [4.78, 5) is 34.5. The van der Waals surface area contributed by atoms with Gasteiger partial charge in [-0.3, -0.25) is 9.35 Å². The summed E-state index contributed by atoms with van der Waals surface area (Å²) in [7, 11) is -4.44. The highest BCUT2D eigenvalue weighted by molar-refractivity contribution is 7.85. The Morgan fingerprint density at radius 2 is 1.57 bits per heavy atom. The second kappa shape index (κ2) is 7.81. The number of anilines is 1. The number of nitrogens with zero attached hydrogens (tertiary/aromatic N) is 4. The highest BCUT2D eigenvalue weighted by atomic mass is 32.2. The van der Waals surface area contributed by atoms with Crippen LogP contribution in [0.4, 0.5) is 11.4 Å². The fourth-order valence-electron chi connectivity index (χ4n) is 2.45. The molecule has 0 bridgehead atoms. The van der Waals surface area contributed by atoms with E-state index < -0.39 is 44.6 Å². The van der Waals surface area contributed by atoms with Crippen LogP contribution >= 0.6 is 0 Å². The third-order valence-electron chi connectivity index (χ3n) is 3.91. The molecule has 154 valence electrons. The molecule has 0 radical (unpaired) electrons. The van der Waals surface area contributed by atoms with Crippen molar-refractivity contribution in [2.24, 2.45) is 15.3 Å². The molecule has 12 nitrogen and oxygen atoms in total. The van der Waals surface area contributed by atoms with Crippen LogP contribution in [0.15, 0.2) is 68.8 Å². The van der Waals surface area contributed by atoms with Crippen LogP contribution in [0.1, 0.15) is 10.4 Å². The van der Waals surface area contributed by atoms with Crippen LogP contribution in [0.5, 0.6) is 0 Å². The largest absolute Gasteiger partial charge is 0.478 e. The fraction of sp³-hybridized carbons (Fsp3) is 0.0588. The maximum Gasteiger partial charge on any atom is 0.355 e. The number of carbonyl (C=O) groups is 3. The normalized spacial score (nSPS) is 16.7. The Labute approximate surface area is 168 Å². The lowest BCUT2D eigenvalue weighted by molar-refractivity contribution is -0.130. The van der Waals surface area contributed by atoms with E-state index in [1.807, 2.05) is 0 Å². The lowest BCUT2D eigenvalue weighted by Crippen LogP contribution is -2.33. The van der Waals surface area contributed by atoms with Crippen molar-refractivity contribution in [1.29, 1.82) is 0 Å². The number of hydrogen-bond donors (Lipinski definition) is 3. The van der Waals surface area contributed by atoms with Gasteiger partial charge in [0.2, 0.25) is 6.04 Å². The van der Waals surface area contributed by atoms with Crippen LogP contribution in [0.25, 0.3) is 0 Å². The molecule has 1 amide bonds. The SMILES string of the molecule is O=C(O)C1=NN(c2ccc(S(=O)(=O)O)cc2)C(=O)C1N=Nc1ccc(C(=O)O)cc1. The van der Waals surface area contributed by atoms with Crippen molar-refractivity contribution in [2.75, 3.05) is 5.01 Å². The fourth-order valence-corrected chi connectivity index (χ4v) is 2.93. The first-order chi connectivity index (χ1) is 14.1. The summed E-state index contributed by atoms with van der Waals surface area (Å²) in [6.07, 6.45) is 0. The van der Waals surface area contributed by atoms with Gasteiger partial charge in [0.1, 0.15) is 0 Å². The van der Waals surface area contributed by atoms with Gasteiger partial charge in [-0.2, -0.15) is 28.8 Å². The molecule has 0 saturated carbocycles. The van der Waals surface area contributed by atoms with E-state index in [-0.39, 0.29) is 16.9 Å². The number of benzene rings is 2. The molecule has 13 heteroatoms. The third kappa shape index (κ3) is 4.21. The smallest absolute Gasteiger partial charge is 0.355 e. The zero-order valence-corrected chi connectivity index (χ0v) is 15.6. The Morgan fingerprint density at radius 3 is 2.07 bits per heavy atom. The number of hydrogen-bond acceptors (Lipinski definition) is 8. The van der Waals surface area contributed by atoms with Crippen LogP contribution in [0, 0.1) is 0 Å². The molecule has 3 N–H and O–H groups in total. The average molecular weight is 432 g/mol. The highest BCUT2D eigenvalue weighted by Crippen LogP contribution is 2.25. The molecule has 1 unspecified atom stereocenters. The molecule has 2 aromatic rings. The van der Waals surface area contributed by atoms with Gasteiger partial charge in [0.25, 0.3) is 16.0 Å². The standard InChI is InChI=1S/C17H12N4O8S/c22-15-13(19-18-10-3-1-9(2-4-10)16(23)24)14(17(25)26)20-21(15)11-5-7-12(8-6-11)30(27,28)29/h1-8,13H,(H,23,24)(H,25,26)(H,27,28,29). The Balaban J connectivity index is 1.87. The van der Waals surface area contributed by atoms with Crippen molar-refractivity contribution in [1.82, 2.24) is 0 Å². The summed E-state index contributed by atoms with van der Waals surface area (Å²) in [5.41, 5.74) is -0.355. The lowest BCUT2D eigenvalue weighted by Gasteiger charge is -2.12.